The Labute approximate surface area is 131 Å². The number of aromatic nitrogens is 4. The van der Waals surface area contributed by atoms with Gasteiger partial charge in [0.2, 0.25) is 0 Å². The van der Waals surface area contributed by atoms with Gasteiger partial charge in [0.05, 0.1) is 22.1 Å². The normalized spacial score (nSPS) is 12.9. The van der Waals surface area contributed by atoms with Gasteiger partial charge in [0.25, 0.3) is 0 Å². The zero-order valence-corrected chi connectivity index (χ0v) is 14.2. The van der Waals surface area contributed by atoms with Crippen molar-refractivity contribution in [3.63, 3.8) is 0 Å². The van der Waals surface area contributed by atoms with E-state index in [0.717, 1.165) is 41.5 Å². The van der Waals surface area contributed by atoms with E-state index in [9.17, 15) is 0 Å². The molecule has 0 bridgehead atoms. The fraction of sp³-hybridized carbons (Fsp3) is 0.600. The summed E-state index contributed by atoms with van der Waals surface area (Å²) in [6.45, 7) is 7.04. The molecule has 0 saturated carbocycles. The number of halogens is 1. The third-order valence-corrected chi connectivity index (χ3v) is 4.30. The first-order valence-corrected chi connectivity index (χ1v) is 7.81. The Kier molecular flexibility index (Phi) is 5.06. The Morgan fingerprint density at radius 2 is 2.05 bits per heavy atom. The molecule has 0 aliphatic carbocycles. The number of hydrogen-bond donors (Lipinski definition) is 1. The Morgan fingerprint density at radius 1 is 1.33 bits per heavy atom. The highest BCUT2D eigenvalue weighted by Crippen LogP contribution is 2.27. The molecule has 116 valence electrons. The van der Waals surface area contributed by atoms with Gasteiger partial charge in [0.15, 0.2) is 0 Å². The van der Waals surface area contributed by atoms with Gasteiger partial charge in [-0.2, -0.15) is 10.2 Å². The predicted molar refractivity (Wildman–Crippen MR) is 85.7 cm³/mol. The van der Waals surface area contributed by atoms with Crippen molar-refractivity contribution in [2.24, 2.45) is 7.05 Å². The number of hydrogen-bond acceptors (Lipinski definition) is 3. The number of nitrogens with one attached hydrogen (secondary N) is 1. The molecule has 5 nitrogen and oxygen atoms in total. The van der Waals surface area contributed by atoms with Crippen LogP contribution < -0.4 is 5.32 Å². The second-order valence-electron chi connectivity index (χ2n) is 5.27. The highest BCUT2D eigenvalue weighted by molar-refractivity contribution is 6.31. The average Bonchev–Trinajstić information content (AvgIpc) is 2.95. The van der Waals surface area contributed by atoms with Crippen molar-refractivity contribution in [2.45, 2.75) is 46.2 Å². The maximum Gasteiger partial charge on any atom is 0.0850 e. The number of aryl methyl sites for hydroxylation is 4. The molecule has 2 aromatic heterocycles. The first-order valence-electron chi connectivity index (χ1n) is 7.43. The third-order valence-electron chi connectivity index (χ3n) is 3.87. The molecule has 0 aliphatic heterocycles. The minimum Gasteiger partial charge on any atom is -0.313 e. The zero-order chi connectivity index (χ0) is 15.6. The number of likely N-dealkylation sites (N-methyl/N-ethyl adjacent to an activating group) is 1. The van der Waals surface area contributed by atoms with E-state index in [1.165, 1.54) is 5.56 Å². The summed E-state index contributed by atoms with van der Waals surface area (Å²) in [7, 11) is 3.92. The van der Waals surface area contributed by atoms with E-state index in [1.807, 2.05) is 30.4 Å². The largest absolute Gasteiger partial charge is 0.313 e. The van der Waals surface area contributed by atoms with Gasteiger partial charge in [-0.05, 0) is 27.3 Å². The first-order chi connectivity index (χ1) is 10.0. The van der Waals surface area contributed by atoms with E-state index in [1.54, 1.807) is 0 Å². The summed E-state index contributed by atoms with van der Waals surface area (Å²) in [5, 5.41) is 13.2. The van der Waals surface area contributed by atoms with Crippen molar-refractivity contribution in [3.05, 3.63) is 33.9 Å². The summed E-state index contributed by atoms with van der Waals surface area (Å²) in [6.07, 6.45) is 3.73. The third kappa shape index (κ3) is 3.14. The quantitative estimate of drug-likeness (QED) is 0.892. The Morgan fingerprint density at radius 3 is 2.52 bits per heavy atom. The van der Waals surface area contributed by atoms with Crippen LogP contribution in [0, 0.1) is 6.92 Å². The summed E-state index contributed by atoms with van der Waals surface area (Å²) in [5.74, 6) is 0. The standard InChI is InChI=1S/C15H24ClN5/c1-6-12-15(16)14(21(7-2)19-12)8-13(17-4)11-9-20(5)18-10(11)3/h9,13,17H,6-8H2,1-5H3. The number of nitrogens with zero attached hydrogens (tertiary/aromatic N) is 4. The molecule has 1 unspecified atom stereocenters. The van der Waals surface area contributed by atoms with Crippen LogP contribution in [0.5, 0.6) is 0 Å². The van der Waals surface area contributed by atoms with Gasteiger partial charge in [0, 0.05) is 37.8 Å². The maximum absolute atomic E-state index is 6.51. The molecule has 0 saturated heterocycles. The van der Waals surface area contributed by atoms with Crippen LogP contribution >= 0.6 is 11.6 Å². The van der Waals surface area contributed by atoms with Crippen LogP contribution in [-0.2, 0) is 26.4 Å². The van der Waals surface area contributed by atoms with Crippen molar-refractivity contribution in [2.75, 3.05) is 7.05 Å². The lowest BCUT2D eigenvalue weighted by molar-refractivity contribution is 0.538. The van der Waals surface area contributed by atoms with Gasteiger partial charge >= 0.3 is 0 Å². The van der Waals surface area contributed by atoms with E-state index >= 15 is 0 Å². The van der Waals surface area contributed by atoms with Gasteiger partial charge in [0.1, 0.15) is 0 Å². The molecular formula is C15H24ClN5. The highest BCUT2D eigenvalue weighted by Gasteiger charge is 2.21. The molecule has 0 amide bonds. The maximum atomic E-state index is 6.51. The summed E-state index contributed by atoms with van der Waals surface area (Å²) >= 11 is 6.51. The molecule has 2 rings (SSSR count). The van der Waals surface area contributed by atoms with Crippen molar-refractivity contribution >= 4 is 11.6 Å². The number of rotatable bonds is 6. The van der Waals surface area contributed by atoms with E-state index in [4.69, 9.17) is 11.6 Å². The monoisotopic (exact) mass is 309 g/mol. The van der Waals surface area contributed by atoms with Crippen LogP contribution in [0.4, 0.5) is 0 Å². The lowest BCUT2D eigenvalue weighted by Crippen LogP contribution is -2.21. The Balaban J connectivity index is 2.35. The highest BCUT2D eigenvalue weighted by atomic mass is 35.5. The summed E-state index contributed by atoms with van der Waals surface area (Å²) in [5.41, 5.74) is 4.33. The zero-order valence-electron chi connectivity index (χ0n) is 13.4. The molecule has 0 fully saturated rings. The molecule has 1 N–H and O–H groups in total. The van der Waals surface area contributed by atoms with Crippen LogP contribution in [0.25, 0.3) is 0 Å². The van der Waals surface area contributed by atoms with Gasteiger partial charge in [-0.25, -0.2) is 0 Å². The molecule has 0 radical (unpaired) electrons. The molecule has 6 heteroatoms. The lowest BCUT2D eigenvalue weighted by atomic mass is 10.0. The summed E-state index contributed by atoms with van der Waals surface area (Å²) in [6, 6.07) is 0.183. The van der Waals surface area contributed by atoms with Gasteiger partial charge in [-0.1, -0.05) is 18.5 Å². The molecule has 2 aromatic rings. The van der Waals surface area contributed by atoms with Gasteiger partial charge < -0.3 is 5.32 Å². The molecule has 0 spiro atoms. The van der Waals surface area contributed by atoms with Crippen LogP contribution in [0.1, 0.15) is 42.5 Å². The van der Waals surface area contributed by atoms with Gasteiger partial charge in [-0.15, -0.1) is 0 Å². The minimum absolute atomic E-state index is 0.183. The molecule has 1 atom stereocenters. The van der Waals surface area contributed by atoms with Crippen molar-refractivity contribution in [1.29, 1.82) is 0 Å². The minimum atomic E-state index is 0.183. The predicted octanol–water partition coefficient (Wildman–Crippen LogP) is 2.66. The Bertz CT molecular complexity index is 614. The second-order valence-corrected chi connectivity index (χ2v) is 5.64. The second kappa shape index (κ2) is 6.62. The van der Waals surface area contributed by atoms with Crippen LogP contribution in [-0.4, -0.2) is 26.6 Å². The molecular weight excluding hydrogens is 286 g/mol. The van der Waals surface area contributed by atoms with Crippen LogP contribution in [0.2, 0.25) is 5.02 Å². The smallest absolute Gasteiger partial charge is 0.0850 e. The van der Waals surface area contributed by atoms with E-state index in [2.05, 4.69) is 35.6 Å². The lowest BCUT2D eigenvalue weighted by Gasteiger charge is -2.16. The van der Waals surface area contributed by atoms with Crippen LogP contribution in [0.3, 0.4) is 0 Å². The molecule has 2 heterocycles. The molecule has 0 aliphatic rings. The fourth-order valence-corrected chi connectivity index (χ4v) is 3.08. The topological polar surface area (TPSA) is 47.7 Å². The summed E-state index contributed by atoms with van der Waals surface area (Å²) in [4.78, 5) is 0. The average molecular weight is 310 g/mol. The van der Waals surface area contributed by atoms with Crippen molar-refractivity contribution < 1.29 is 0 Å². The molecule has 0 aromatic carbocycles. The first kappa shape index (κ1) is 16.0. The SMILES string of the molecule is CCc1nn(CC)c(CC(NC)c2cn(C)nc2C)c1Cl. The van der Waals surface area contributed by atoms with E-state index in [-0.39, 0.29) is 6.04 Å². The molecule has 21 heavy (non-hydrogen) atoms. The van der Waals surface area contributed by atoms with Crippen molar-refractivity contribution in [3.8, 4) is 0 Å². The fourth-order valence-electron chi connectivity index (χ4n) is 2.73. The van der Waals surface area contributed by atoms with E-state index < -0.39 is 0 Å². The Hall–Kier alpha value is -1.33. The van der Waals surface area contributed by atoms with Crippen molar-refractivity contribution in [1.82, 2.24) is 24.9 Å². The van der Waals surface area contributed by atoms with Crippen LogP contribution in [0.15, 0.2) is 6.20 Å². The van der Waals surface area contributed by atoms with Gasteiger partial charge in [-0.3, -0.25) is 9.36 Å². The summed E-state index contributed by atoms with van der Waals surface area (Å²) < 4.78 is 3.86. The van der Waals surface area contributed by atoms with E-state index in [0.29, 0.717) is 0 Å².